The number of likely N-dealkylation sites (N-methyl/N-ethyl adjacent to an activating group) is 1. The molecule has 0 N–H and O–H groups in total. The normalized spacial score (nSPS) is 17.7. The second kappa shape index (κ2) is 9.21. The Kier molecular flexibility index (Phi) is 6.24. The highest BCUT2D eigenvalue weighted by Gasteiger charge is 2.40. The Morgan fingerprint density at radius 2 is 2.03 bits per heavy atom. The molecule has 12 heteroatoms. The molecule has 1 fully saturated rings. The fourth-order valence-corrected chi connectivity index (χ4v) is 4.53. The van der Waals surface area contributed by atoms with Crippen LogP contribution in [0.3, 0.4) is 0 Å². The Balaban J connectivity index is 1.38. The molecule has 0 saturated carbocycles. The summed E-state index contributed by atoms with van der Waals surface area (Å²) in [5.74, 6) is -0.0730. The number of likely N-dealkylation sites (tertiary alicyclic amines) is 1. The number of carbonyl (C=O) groups is 1. The van der Waals surface area contributed by atoms with Gasteiger partial charge < -0.3 is 14.1 Å². The predicted molar refractivity (Wildman–Crippen MR) is 122 cm³/mol. The molecule has 1 saturated heterocycles. The van der Waals surface area contributed by atoms with Gasteiger partial charge in [-0.2, -0.15) is 5.10 Å². The van der Waals surface area contributed by atoms with E-state index in [2.05, 4.69) is 19.5 Å². The maximum Gasteiger partial charge on any atom is 0.535 e. The predicted octanol–water partition coefficient (Wildman–Crippen LogP) is 3.76. The van der Waals surface area contributed by atoms with Crippen molar-refractivity contribution in [2.75, 3.05) is 25.0 Å². The van der Waals surface area contributed by atoms with E-state index >= 15 is 0 Å². The molecule has 0 atom stereocenters. The number of rotatable bonds is 5. The number of fused-ring (bicyclic) bond motifs is 2. The van der Waals surface area contributed by atoms with Crippen LogP contribution in [0.1, 0.15) is 30.6 Å². The number of carbonyl (C=O) groups excluding carboxylic acids is 1. The molecule has 1 radical (unpaired) electrons. The van der Waals surface area contributed by atoms with Crippen LogP contribution in [0.4, 0.5) is 14.5 Å². The van der Waals surface area contributed by atoms with E-state index in [0.29, 0.717) is 12.3 Å². The van der Waals surface area contributed by atoms with Gasteiger partial charge >= 0.3 is 6.29 Å². The lowest BCUT2D eigenvalue weighted by Gasteiger charge is -2.28. The molecular formula is C23H22ClF2N4O5. The lowest BCUT2D eigenvalue weighted by molar-refractivity contribution is -0.344. The summed E-state index contributed by atoms with van der Waals surface area (Å²) < 4.78 is 42.3. The van der Waals surface area contributed by atoms with E-state index in [1.165, 1.54) is 30.5 Å². The Bertz CT molecular complexity index is 1340. The summed E-state index contributed by atoms with van der Waals surface area (Å²) in [5.41, 5.74) is 0.0889. The second-order valence-corrected chi connectivity index (χ2v) is 8.85. The molecule has 2 aliphatic heterocycles. The van der Waals surface area contributed by atoms with Crippen molar-refractivity contribution < 1.29 is 27.5 Å². The highest BCUT2D eigenvalue weighted by molar-refractivity contribution is 6.33. The zero-order valence-corrected chi connectivity index (χ0v) is 19.6. The average molecular weight is 508 g/mol. The van der Waals surface area contributed by atoms with Gasteiger partial charge in [-0.15, -0.1) is 8.78 Å². The molecule has 2 aromatic heterocycles. The summed E-state index contributed by atoms with van der Waals surface area (Å²) in [5, 5.41) is 4.25. The van der Waals surface area contributed by atoms with Crippen LogP contribution in [-0.2, 0) is 22.6 Å². The van der Waals surface area contributed by atoms with E-state index in [0.717, 1.165) is 37.2 Å². The lowest BCUT2D eigenvalue weighted by Crippen LogP contribution is -2.37. The molecule has 0 spiro atoms. The minimum absolute atomic E-state index is 0.0330. The largest absolute Gasteiger partial charge is 0.535 e. The summed E-state index contributed by atoms with van der Waals surface area (Å²) in [6.45, 7) is 2.88. The Morgan fingerprint density at radius 3 is 2.80 bits per heavy atom. The molecule has 4 heterocycles. The van der Waals surface area contributed by atoms with E-state index in [1.807, 2.05) is 0 Å². The number of halogens is 3. The molecule has 3 aromatic rings. The van der Waals surface area contributed by atoms with Crippen LogP contribution in [-0.4, -0.2) is 47.0 Å². The van der Waals surface area contributed by atoms with Crippen molar-refractivity contribution in [3.63, 3.8) is 0 Å². The minimum atomic E-state index is -3.80. The zero-order chi connectivity index (χ0) is 24.7. The molecule has 35 heavy (non-hydrogen) atoms. The van der Waals surface area contributed by atoms with E-state index in [1.54, 1.807) is 12.1 Å². The number of alkyl halides is 2. The Morgan fingerprint density at radius 1 is 1.26 bits per heavy atom. The van der Waals surface area contributed by atoms with Crippen molar-refractivity contribution in [3.8, 4) is 5.75 Å². The van der Waals surface area contributed by atoms with Gasteiger partial charge in [0.2, 0.25) is 5.91 Å². The molecule has 1 amide bonds. The first kappa shape index (κ1) is 23.7. The maximum atomic E-state index is 13.4. The Hall–Kier alpha value is -3.02. The van der Waals surface area contributed by atoms with Gasteiger partial charge in [0.15, 0.2) is 10.7 Å². The van der Waals surface area contributed by atoms with Gasteiger partial charge in [-0.05, 0) is 44.1 Å². The van der Waals surface area contributed by atoms with E-state index in [4.69, 9.17) is 16.0 Å². The first-order valence-corrected chi connectivity index (χ1v) is 11.5. The number of furan rings is 1. The molecule has 1 aromatic carbocycles. The molecule has 9 nitrogen and oxygen atoms in total. The molecular weight excluding hydrogens is 486 g/mol. The molecule has 5 rings (SSSR count). The standard InChI is InChI=1S/C23H22ClF2N4O5/c1-28(17-6-5-7-18-16(17)13-33-23(25,26)35-18)19(31)12-30-22(32)15-10-14(34-20(15)21(24)27-30)11-29-8-3-2-4-9-29/h5-7,10,13H,2-4,8-9,11-12H2,1H3. The summed E-state index contributed by atoms with van der Waals surface area (Å²) in [6, 6.07) is 5.99. The number of hydrogen-bond donors (Lipinski definition) is 0. The number of anilines is 1. The summed E-state index contributed by atoms with van der Waals surface area (Å²) in [7, 11) is 1.44. The summed E-state index contributed by atoms with van der Waals surface area (Å²) in [4.78, 5) is 29.5. The third kappa shape index (κ3) is 4.75. The van der Waals surface area contributed by atoms with Crippen LogP contribution >= 0.6 is 11.6 Å². The van der Waals surface area contributed by atoms with Crippen molar-refractivity contribution in [1.29, 1.82) is 0 Å². The topological polar surface area (TPSA) is 90.0 Å². The number of aromatic nitrogens is 2. The van der Waals surface area contributed by atoms with E-state index in [-0.39, 0.29) is 33.1 Å². The third-order valence-electron chi connectivity index (χ3n) is 6.08. The summed E-state index contributed by atoms with van der Waals surface area (Å²) >= 11 is 6.28. The van der Waals surface area contributed by atoms with Gasteiger partial charge in [-0.25, -0.2) is 4.68 Å². The van der Waals surface area contributed by atoms with Gasteiger partial charge in [0, 0.05) is 7.05 Å². The number of nitrogens with zero attached hydrogens (tertiary/aromatic N) is 4. The monoisotopic (exact) mass is 507 g/mol. The molecule has 2 aliphatic rings. The minimum Gasteiger partial charge on any atom is -0.456 e. The smallest absolute Gasteiger partial charge is 0.456 e. The van der Waals surface area contributed by atoms with E-state index < -0.39 is 24.3 Å². The van der Waals surface area contributed by atoms with E-state index in [9.17, 15) is 18.4 Å². The van der Waals surface area contributed by atoms with Crippen molar-refractivity contribution in [3.05, 3.63) is 57.7 Å². The van der Waals surface area contributed by atoms with Crippen LogP contribution in [0, 0.1) is 6.61 Å². The molecule has 185 valence electrons. The van der Waals surface area contributed by atoms with Gasteiger partial charge in [-0.1, -0.05) is 24.1 Å². The lowest BCUT2D eigenvalue weighted by atomic mass is 10.1. The zero-order valence-electron chi connectivity index (χ0n) is 18.8. The quantitative estimate of drug-likeness (QED) is 0.519. The third-order valence-corrected chi connectivity index (χ3v) is 6.33. The molecule has 0 unspecified atom stereocenters. The first-order chi connectivity index (χ1) is 16.7. The average Bonchev–Trinajstić information content (AvgIpc) is 3.26. The maximum absolute atomic E-state index is 13.4. The first-order valence-electron chi connectivity index (χ1n) is 11.1. The van der Waals surface area contributed by atoms with Crippen molar-refractivity contribution in [1.82, 2.24) is 14.7 Å². The number of hydrogen-bond acceptors (Lipinski definition) is 7. The van der Waals surface area contributed by atoms with Gasteiger partial charge in [0.1, 0.15) is 24.7 Å². The van der Waals surface area contributed by atoms with Crippen LogP contribution in [0.5, 0.6) is 5.75 Å². The van der Waals surface area contributed by atoms with Gasteiger partial charge in [0.25, 0.3) is 5.56 Å². The van der Waals surface area contributed by atoms with Gasteiger partial charge in [0.05, 0.1) is 23.2 Å². The van der Waals surface area contributed by atoms with Crippen molar-refractivity contribution in [2.24, 2.45) is 0 Å². The van der Waals surface area contributed by atoms with Crippen LogP contribution in [0.15, 0.2) is 33.5 Å². The molecule has 0 bridgehead atoms. The SMILES string of the molecule is CN(C(=O)Cn1nc(Cl)c2oc(CN3CCCCC3)cc2c1=O)c1cccc2c1[CH]OC(F)(F)O2. The van der Waals surface area contributed by atoms with Crippen LogP contribution in [0.2, 0.25) is 5.15 Å². The fourth-order valence-electron chi connectivity index (χ4n) is 4.29. The van der Waals surface area contributed by atoms with Gasteiger partial charge in [-0.3, -0.25) is 19.2 Å². The van der Waals surface area contributed by atoms with Crippen molar-refractivity contribution in [2.45, 2.75) is 38.6 Å². The number of benzene rings is 1. The number of ether oxygens (including phenoxy) is 2. The second-order valence-electron chi connectivity index (χ2n) is 8.49. The van der Waals surface area contributed by atoms with Crippen LogP contribution in [0.25, 0.3) is 11.0 Å². The van der Waals surface area contributed by atoms with Crippen molar-refractivity contribution >= 4 is 34.2 Å². The highest BCUT2D eigenvalue weighted by atomic mass is 35.5. The molecule has 0 aliphatic carbocycles. The number of piperidine rings is 1. The van der Waals surface area contributed by atoms with Crippen LogP contribution < -0.4 is 15.2 Å². The number of amides is 1. The fraction of sp³-hybridized carbons (Fsp3) is 0.391. The Labute approximate surface area is 203 Å². The highest BCUT2D eigenvalue weighted by Crippen LogP contribution is 2.39. The summed E-state index contributed by atoms with van der Waals surface area (Å²) in [6.07, 6.45) is -0.354.